The highest BCUT2D eigenvalue weighted by Crippen LogP contribution is 2.10. The van der Waals surface area contributed by atoms with Crippen molar-refractivity contribution in [1.29, 1.82) is 0 Å². The molecule has 2 heterocycles. The summed E-state index contributed by atoms with van der Waals surface area (Å²) >= 11 is 1.85. The molecule has 1 N–H and O–H groups in total. The van der Waals surface area contributed by atoms with Gasteiger partial charge in [0.2, 0.25) is 0 Å². The number of ether oxygens (including phenoxy) is 1. The molecule has 0 spiro atoms. The first-order valence-electron chi connectivity index (χ1n) is 6.84. The largest absolute Gasteiger partial charge is 0.381 e. The Morgan fingerprint density at radius 2 is 2.44 bits per heavy atom. The lowest BCUT2D eigenvalue weighted by Crippen LogP contribution is -2.33. The molecule has 18 heavy (non-hydrogen) atoms. The number of hydrogen-bond acceptors (Lipinski definition) is 4. The van der Waals surface area contributed by atoms with E-state index in [9.17, 15) is 0 Å². The molecule has 0 aliphatic carbocycles. The Hall–Kier alpha value is -0.420. The van der Waals surface area contributed by atoms with Gasteiger partial charge in [0.15, 0.2) is 0 Å². The molecule has 1 aliphatic heterocycles. The van der Waals surface area contributed by atoms with Gasteiger partial charge in [-0.05, 0) is 37.3 Å². The summed E-state index contributed by atoms with van der Waals surface area (Å²) < 4.78 is 5.37. The molecule has 4 heteroatoms. The van der Waals surface area contributed by atoms with Crippen LogP contribution in [-0.4, -0.2) is 51.3 Å². The second-order valence-corrected chi connectivity index (χ2v) is 6.10. The van der Waals surface area contributed by atoms with Crippen LogP contribution in [0.4, 0.5) is 0 Å². The highest BCUT2D eigenvalue weighted by molar-refractivity contribution is 7.09. The van der Waals surface area contributed by atoms with Crippen LogP contribution in [0, 0.1) is 5.92 Å². The van der Waals surface area contributed by atoms with E-state index in [-0.39, 0.29) is 0 Å². The Labute approximate surface area is 114 Å². The summed E-state index contributed by atoms with van der Waals surface area (Å²) in [4.78, 5) is 3.88. The second-order valence-electron chi connectivity index (χ2n) is 5.07. The van der Waals surface area contributed by atoms with Crippen molar-refractivity contribution < 1.29 is 4.74 Å². The summed E-state index contributed by atoms with van der Waals surface area (Å²) in [5.41, 5.74) is 0. The van der Waals surface area contributed by atoms with Gasteiger partial charge in [-0.1, -0.05) is 6.07 Å². The van der Waals surface area contributed by atoms with E-state index in [0.29, 0.717) is 0 Å². The van der Waals surface area contributed by atoms with Gasteiger partial charge in [-0.25, -0.2) is 0 Å². The van der Waals surface area contributed by atoms with Crippen LogP contribution in [0.5, 0.6) is 0 Å². The summed E-state index contributed by atoms with van der Waals surface area (Å²) in [6.45, 7) is 6.36. The number of thiophene rings is 1. The molecule has 0 amide bonds. The fraction of sp³-hybridized carbons (Fsp3) is 0.714. The van der Waals surface area contributed by atoms with Gasteiger partial charge in [-0.2, -0.15) is 0 Å². The molecule has 1 aliphatic rings. The molecular weight excluding hydrogens is 244 g/mol. The van der Waals surface area contributed by atoms with Crippen molar-refractivity contribution in [3.8, 4) is 0 Å². The number of nitrogens with one attached hydrogen (secondary N) is 1. The topological polar surface area (TPSA) is 24.5 Å². The zero-order valence-corrected chi connectivity index (χ0v) is 12.0. The second kappa shape index (κ2) is 7.89. The third-order valence-corrected chi connectivity index (χ3v) is 4.38. The number of hydrogen-bond donors (Lipinski definition) is 1. The first-order chi connectivity index (χ1) is 8.84. The fourth-order valence-corrected chi connectivity index (χ4v) is 2.89. The average molecular weight is 268 g/mol. The van der Waals surface area contributed by atoms with E-state index in [1.807, 2.05) is 11.3 Å². The molecule has 0 bridgehead atoms. The minimum absolute atomic E-state index is 0.737. The van der Waals surface area contributed by atoms with Crippen LogP contribution in [0.2, 0.25) is 0 Å². The average Bonchev–Trinajstić information content (AvgIpc) is 3.04. The summed E-state index contributed by atoms with van der Waals surface area (Å²) in [5.74, 6) is 0.737. The molecule has 1 aromatic heterocycles. The number of likely N-dealkylation sites (N-methyl/N-ethyl adjacent to an activating group) is 1. The number of rotatable bonds is 8. The molecule has 0 saturated carbocycles. The Kier molecular flexibility index (Phi) is 6.14. The van der Waals surface area contributed by atoms with Gasteiger partial charge in [0, 0.05) is 37.7 Å². The maximum absolute atomic E-state index is 5.37. The minimum atomic E-state index is 0.737. The summed E-state index contributed by atoms with van der Waals surface area (Å²) in [6.07, 6.45) is 2.39. The first-order valence-corrected chi connectivity index (χ1v) is 7.72. The van der Waals surface area contributed by atoms with Gasteiger partial charge in [-0.3, -0.25) is 0 Å². The molecule has 1 unspecified atom stereocenters. The van der Waals surface area contributed by atoms with Gasteiger partial charge in [0.05, 0.1) is 6.61 Å². The smallest absolute Gasteiger partial charge is 0.0507 e. The van der Waals surface area contributed by atoms with Crippen molar-refractivity contribution >= 4 is 11.3 Å². The zero-order chi connectivity index (χ0) is 12.6. The Morgan fingerprint density at radius 3 is 3.17 bits per heavy atom. The molecule has 0 radical (unpaired) electrons. The van der Waals surface area contributed by atoms with Crippen molar-refractivity contribution in [2.24, 2.45) is 5.92 Å². The zero-order valence-electron chi connectivity index (χ0n) is 11.2. The molecule has 1 fully saturated rings. The first kappa shape index (κ1) is 14.0. The highest BCUT2D eigenvalue weighted by Gasteiger charge is 2.14. The molecule has 1 atom stereocenters. The summed E-state index contributed by atoms with van der Waals surface area (Å²) in [5, 5.41) is 5.69. The quantitative estimate of drug-likeness (QED) is 0.728. The van der Waals surface area contributed by atoms with Gasteiger partial charge in [0.25, 0.3) is 0 Å². The lowest BCUT2D eigenvalue weighted by molar-refractivity contribution is 0.185. The van der Waals surface area contributed by atoms with Crippen LogP contribution in [0.3, 0.4) is 0 Å². The lowest BCUT2D eigenvalue weighted by Gasteiger charge is -2.17. The molecule has 2 rings (SSSR count). The van der Waals surface area contributed by atoms with Crippen molar-refractivity contribution in [1.82, 2.24) is 10.2 Å². The highest BCUT2D eigenvalue weighted by atomic mass is 32.1. The van der Waals surface area contributed by atoms with Crippen LogP contribution in [0.25, 0.3) is 0 Å². The maximum Gasteiger partial charge on any atom is 0.0507 e. The van der Waals surface area contributed by atoms with E-state index in [4.69, 9.17) is 4.74 Å². The van der Waals surface area contributed by atoms with E-state index in [1.165, 1.54) is 17.7 Å². The van der Waals surface area contributed by atoms with Crippen molar-refractivity contribution in [2.75, 3.05) is 46.4 Å². The van der Waals surface area contributed by atoms with Gasteiger partial charge in [-0.15, -0.1) is 11.3 Å². The van der Waals surface area contributed by atoms with E-state index < -0.39 is 0 Å². The molecule has 0 aromatic carbocycles. The number of nitrogens with zero attached hydrogens (tertiary/aromatic N) is 1. The van der Waals surface area contributed by atoms with Crippen LogP contribution in [0.15, 0.2) is 17.5 Å². The Bertz CT molecular complexity index is 310. The van der Waals surface area contributed by atoms with Gasteiger partial charge in [0.1, 0.15) is 0 Å². The lowest BCUT2D eigenvalue weighted by atomic mass is 10.1. The Balaban J connectivity index is 1.48. The van der Waals surface area contributed by atoms with Crippen LogP contribution >= 0.6 is 11.3 Å². The van der Waals surface area contributed by atoms with Gasteiger partial charge >= 0.3 is 0 Å². The molecule has 1 aromatic rings. The summed E-state index contributed by atoms with van der Waals surface area (Å²) in [7, 11) is 2.20. The third kappa shape index (κ3) is 5.06. The van der Waals surface area contributed by atoms with Crippen LogP contribution < -0.4 is 5.32 Å². The van der Waals surface area contributed by atoms with Crippen molar-refractivity contribution in [2.45, 2.75) is 12.8 Å². The van der Waals surface area contributed by atoms with E-state index in [2.05, 4.69) is 34.8 Å². The van der Waals surface area contributed by atoms with Crippen molar-refractivity contribution in [3.63, 3.8) is 0 Å². The monoisotopic (exact) mass is 268 g/mol. The molecule has 1 saturated heterocycles. The van der Waals surface area contributed by atoms with E-state index in [0.717, 1.165) is 45.3 Å². The normalized spacial score (nSPS) is 19.8. The predicted octanol–water partition coefficient (Wildman–Crippen LogP) is 1.85. The SMILES string of the molecule is CN(CCNCC1CCOC1)CCc1cccs1. The minimum Gasteiger partial charge on any atom is -0.381 e. The van der Waals surface area contributed by atoms with Gasteiger partial charge < -0.3 is 15.0 Å². The van der Waals surface area contributed by atoms with E-state index in [1.54, 1.807) is 0 Å². The molecule has 3 nitrogen and oxygen atoms in total. The molecule has 102 valence electrons. The molecular formula is C14H24N2OS. The third-order valence-electron chi connectivity index (χ3n) is 3.45. The van der Waals surface area contributed by atoms with Crippen molar-refractivity contribution in [3.05, 3.63) is 22.4 Å². The maximum atomic E-state index is 5.37. The fourth-order valence-electron chi connectivity index (χ4n) is 2.19. The Morgan fingerprint density at radius 1 is 1.50 bits per heavy atom. The predicted molar refractivity (Wildman–Crippen MR) is 77.3 cm³/mol. The standard InChI is InChI=1S/C14H24N2OS/c1-16(7-4-14-3-2-10-18-14)8-6-15-11-13-5-9-17-12-13/h2-3,10,13,15H,4-9,11-12H2,1H3. The van der Waals surface area contributed by atoms with E-state index >= 15 is 0 Å². The summed E-state index contributed by atoms with van der Waals surface area (Å²) in [6, 6.07) is 4.35. The van der Waals surface area contributed by atoms with Crippen LogP contribution in [-0.2, 0) is 11.2 Å². The van der Waals surface area contributed by atoms with Crippen LogP contribution in [0.1, 0.15) is 11.3 Å².